The van der Waals surface area contributed by atoms with Crippen molar-refractivity contribution in [1.82, 2.24) is 0 Å². The Morgan fingerprint density at radius 1 is 0.931 bits per heavy atom. The van der Waals surface area contributed by atoms with Crippen LogP contribution < -0.4 is 14.8 Å². The summed E-state index contributed by atoms with van der Waals surface area (Å²) >= 11 is 2.18. The fourth-order valence-electron chi connectivity index (χ4n) is 2.53. The molecule has 0 fully saturated rings. The van der Waals surface area contributed by atoms with Crippen LogP contribution in [0.4, 0.5) is 11.4 Å². The van der Waals surface area contributed by atoms with Crippen molar-refractivity contribution >= 4 is 49.9 Å². The van der Waals surface area contributed by atoms with Gasteiger partial charge in [-0.3, -0.25) is 9.52 Å². The summed E-state index contributed by atoms with van der Waals surface area (Å²) in [6.07, 6.45) is 0. The van der Waals surface area contributed by atoms with Crippen molar-refractivity contribution < 1.29 is 17.9 Å². The van der Waals surface area contributed by atoms with Gasteiger partial charge in [0, 0.05) is 20.5 Å². The number of sulfonamides is 1. The fourth-order valence-corrected chi connectivity index (χ4v) is 4.10. The molecule has 0 aromatic heterocycles. The summed E-state index contributed by atoms with van der Waals surface area (Å²) in [5.41, 5.74) is 2.57. The van der Waals surface area contributed by atoms with E-state index in [0.29, 0.717) is 22.7 Å². The predicted octanol–water partition coefficient (Wildman–Crippen LogP) is 4.66. The molecule has 0 saturated heterocycles. The van der Waals surface area contributed by atoms with E-state index in [0.717, 1.165) is 9.13 Å². The van der Waals surface area contributed by atoms with Crippen LogP contribution in [-0.2, 0) is 10.0 Å². The first-order valence-corrected chi connectivity index (χ1v) is 11.2. The summed E-state index contributed by atoms with van der Waals surface area (Å²) in [7, 11) is -2.20. The van der Waals surface area contributed by atoms with Gasteiger partial charge in [-0.2, -0.15) is 0 Å². The minimum atomic E-state index is -3.75. The molecule has 6 nitrogen and oxygen atoms in total. The van der Waals surface area contributed by atoms with Gasteiger partial charge in [-0.1, -0.05) is 6.07 Å². The summed E-state index contributed by atoms with van der Waals surface area (Å²) in [4.78, 5) is 12.5. The Morgan fingerprint density at radius 3 is 2.14 bits per heavy atom. The van der Waals surface area contributed by atoms with E-state index in [1.165, 1.54) is 12.1 Å². The first kappa shape index (κ1) is 21.1. The predicted molar refractivity (Wildman–Crippen MR) is 122 cm³/mol. The summed E-state index contributed by atoms with van der Waals surface area (Å²) < 4.78 is 33.7. The van der Waals surface area contributed by atoms with Crippen LogP contribution in [-0.4, -0.2) is 21.4 Å². The number of carbonyl (C=O) groups excluding carboxylic acids is 1. The number of aryl methyl sites for hydroxylation is 1. The van der Waals surface area contributed by atoms with Crippen molar-refractivity contribution in [3.63, 3.8) is 0 Å². The third-order valence-corrected chi connectivity index (χ3v) is 6.76. The Labute approximate surface area is 183 Å². The second-order valence-electron chi connectivity index (χ2n) is 6.28. The highest BCUT2D eigenvalue weighted by molar-refractivity contribution is 14.1. The quantitative estimate of drug-likeness (QED) is 0.462. The normalized spacial score (nSPS) is 11.0. The maximum atomic E-state index is 12.5. The molecular weight excluding hydrogens is 503 g/mol. The zero-order chi connectivity index (χ0) is 21.0. The Morgan fingerprint density at radius 2 is 1.55 bits per heavy atom. The van der Waals surface area contributed by atoms with Crippen LogP contribution in [0.15, 0.2) is 71.6 Å². The Hall–Kier alpha value is -2.59. The van der Waals surface area contributed by atoms with Gasteiger partial charge in [0.1, 0.15) is 5.75 Å². The summed E-state index contributed by atoms with van der Waals surface area (Å²) in [6.45, 7) is 1.97. The zero-order valence-corrected chi connectivity index (χ0v) is 18.7. The number of benzene rings is 3. The maximum absolute atomic E-state index is 12.5. The van der Waals surface area contributed by atoms with Crippen molar-refractivity contribution in [2.24, 2.45) is 0 Å². The minimum Gasteiger partial charge on any atom is -0.497 e. The molecule has 0 unspecified atom stereocenters. The van der Waals surface area contributed by atoms with Gasteiger partial charge >= 0.3 is 0 Å². The molecule has 1 amide bonds. The first-order valence-electron chi connectivity index (χ1n) is 8.63. The second kappa shape index (κ2) is 8.83. The molecule has 3 aromatic rings. The number of hydrogen-bond donors (Lipinski definition) is 2. The molecule has 8 heteroatoms. The maximum Gasteiger partial charge on any atom is 0.261 e. The van der Waals surface area contributed by atoms with E-state index in [-0.39, 0.29) is 10.8 Å². The number of ether oxygens (including phenoxy) is 1. The largest absolute Gasteiger partial charge is 0.497 e. The van der Waals surface area contributed by atoms with Gasteiger partial charge in [-0.05, 0) is 95.7 Å². The van der Waals surface area contributed by atoms with Crippen LogP contribution in [0.1, 0.15) is 15.9 Å². The van der Waals surface area contributed by atoms with Crippen molar-refractivity contribution in [1.29, 1.82) is 0 Å². The van der Waals surface area contributed by atoms with Crippen LogP contribution in [0, 0.1) is 10.5 Å². The minimum absolute atomic E-state index is 0.0937. The van der Waals surface area contributed by atoms with Crippen molar-refractivity contribution in [3.8, 4) is 5.75 Å². The number of halogens is 1. The third kappa shape index (κ3) is 5.27. The third-order valence-electron chi connectivity index (χ3n) is 4.20. The molecule has 150 valence electrons. The molecule has 0 saturated carbocycles. The lowest BCUT2D eigenvalue weighted by Crippen LogP contribution is -2.14. The standard InChI is InChI=1S/C21H19IN2O4S/c1-14-3-4-15(13-20(14)22)21(25)23-16-7-11-19(12-8-16)29(26,27)24-17-5-9-18(28-2)10-6-17/h3-13,24H,1-2H3,(H,23,25). The molecule has 3 aromatic carbocycles. The first-order chi connectivity index (χ1) is 13.8. The average Bonchev–Trinajstić information content (AvgIpc) is 2.70. The topological polar surface area (TPSA) is 84.5 Å². The molecule has 0 aliphatic rings. The van der Waals surface area contributed by atoms with E-state index < -0.39 is 10.0 Å². The van der Waals surface area contributed by atoms with E-state index >= 15 is 0 Å². The number of anilines is 2. The van der Waals surface area contributed by atoms with Crippen LogP contribution in [0.25, 0.3) is 0 Å². The number of methoxy groups -OCH3 is 1. The van der Waals surface area contributed by atoms with Gasteiger partial charge in [-0.15, -0.1) is 0 Å². The molecule has 29 heavy (non-hydrogen) atoms. The lowest BCUT2D eigenvalue weighted by molar-refractivity contribution is 0.102. The lowest BCUT2D eigenvalue weighted by atomic mass is 10.1. The van der Waals surface area contributed by atoms with Gasteiger partial charge in [0.15, 0.2) is 0 Å². The number of nitrogens with one attached hydrogen (secondary N) is 2. The van der Waals surface area contributed by atoms with E-state index in [1.54, 1.807) is 49.6 Å². The van der Waals surface area contributed by atoms with E-state index in [1.807, 2.05) is 19.1 Å². The number of amides is 1. The summed E-state index contributed by atoms with van der Waals surface area (Å²) in [5, 5.41) is 2.77. The fraction of sp³-hybridized carbons (Fsp3) is 0.0952. The molecular formula is C21H19IN2O4S. The smallest absolute Gasteiger partial charge is 0.261 e. The van der Waals surface area contributed by atoms with Gasteiger partial charge in [0.25, 0.3) is 15.9 Å². The number of carbonyl (C=O) groups is 1. The van der Waals surface area contributed by atoms with Gasteiger partial charge < -0.3 is 10.1 Å². The molecule has 0 aliphatic heterocycles. The molecule has 3 rings (SSSR count). The van der Waals surface area contributed by atoms with Crippen LogP contribution in [0.5, 0.6) is 5.75 Å². The van der Waals surface area contributed by atoms with E-state index in [9.17, 15) is 13.2 Å². The molecule has 0 atom stereocenters. The summed E-state index contributed by atoms with van der Waals surface area (Å²) in [5.74, 6) is 0.381. The van der Waals surface area contributed by atoms with Gasteiger partial charge in [0.2, 0.25) is 0 Å². The SMILES string of the molecule is COc1ccc(NS(=O)(=O)c2ccc(NC(=O)c3ccc(C)c(I)c3)cc2)cc1. The number of hydrogen-bond acceptors (Lipinski definition) is 4. The average molecular weight is 522 g/mol. The zero-order valence-electron chi connectivity index (χ0n) is 15.8. The van der Waals surface area contributed by atoms with Crippen molar-refractivity contribution in [2.75, 3.05) is 17.1 Å². The van der Waals surface area contributed by atoms with Crippen LogP contribution in [0.2, 0.25) is 0 Å². The molecule has 0 radical (unpaired) electrons. The molecule has 0 spiro atoms. The highest BCUT2D eigenvalue weighted by atomic mass is 127. The Balaban J connectivity index is 1.71. The van der Waals surface area contributed by atoms with Crippen LogP contribution in [0.3, 0.4) is 0 Å². The monoisotopic (exact) mass is 522 g/mol. The lowest BCUT2D eigenvalue weighted by Gasteiger charge is -2.10. The van der Waals surface area contributed by atoms with E-state index in [4.69, 9.17) is 4.74 Å². The summed E-state index contributed by atoms with van der Waals surface area (Å²) in [6, 6.07) is 18.0. The van der Waals surface area contributed by atoms with E-state index in [2.05, 4.69) is 32.6 Å². The Bertz CT molecular complexity index is 1130. The molecule has 0 heterocycles. The Kier molecular flexibility index (Phi) is 6.43. The van der Waals surface area contributed by atoms with Crippen molar-refractivity contribution in [3.05, 3.63) is 81.4 Å². The highest BCUT2D eigenvalue weighted by Gasteiger charge is 2.15. The molecule has 0 bridgehead atoms. The van der Waals surface area contributed by atoms with Crippen molar-refractivity contribution in [2.45, 2.75) is 11.8 Å². The second-order valence-corrected chi connectivity index (χ2v) is 9.12. The van der Waals surface area contributed by atoms with Gasteiger partial charge in [-0.25, -0.2) is 8.42 Å². The van der Waals surface area contributed by atoms with Crippen LogP contribution >= 0.6 is 22.6 Å². The molecule has 0 aliphatic carbocycles. The van der Waals surface area contributed by atoms with Gasteiger partial charge in [0.05, 0.1) is 12.0 Å². The molecule has 2 N–H and O–H groups in total. The number of rotatable bonds is 6. The highest BCUT2D eigenvalue weighted by Crippen LogP contribution is 2.21.